The molecule has 2 aromatic heterocycles. The fraction of sp³-hybridized carbons (Fsp3) is 0.0345. The van der Waals surface area contributed by atoms with Gasteiger partial charge < -0.3 is 0 Å². The van der Waals surface area contributed by atoms with Crippen LogP contribution in [0.25, 0.3) is 33.4 Å². The molecule has 0 radical (unpaired) electrons. The molecule has 0 unspecified atom stereocenters. The quantitative estimate of drug-likeness (QED) is 0.312. The summed E-state index contributed by atoms with van der Waals surface area (Å²) in [4.78, 5) is 8.36. The van der Waals surface area contributed by atoms with Crippen molar-refractivity contribution in [3.05, 3.63) is 133 Å². The molecule has 2 heterocycles. The molecule has 0 N–H and O–H groups in total. The lowest BCUT2D eigenvalue weighted by Crippen LogP contribution is -1.86. The number of hydrogen-bond donors (Lipinski definition) is 0. The highest BCUT2D eigenvalue weighted by Gasteiger charge is 2.15. The Labute approximate surface area is 182 Å². The van der Waals surface area contributed by atoms with E-state index in [2.05, 4.69) is 82.8 Å². The Bertz CT molecular complexity index is 1190. The lowest BCUT2D eigenvalue weighted by Gasteiger charge is -2.08. The molecule has 31 heavy (non-hydrogen) atoms. The van der Waals surface area contributed by atoms with E-state index < -0.39 is 0 Å². The van der Waals surface area contributed by atoms with Crippen molar-refractivity contribution in [1.82, 2.24) is 9.97 Å². The standard InChI is InChI=1S/C16H12N2.C13H10/c1-2-8-16(14-6-4-10-18-12-14)15(7-1)13-5-3-9-17-11-13;1-3-7-12-10(5-1)9-11-6-2-4-8-13(11)12/h1-12H;1-8H,9H2. The number of nitrogens with zero attached hydrogens (tertiary/aromatic N) is 2. The van der Waals surface area contributed by atoms with Gasteiger partial charge in [-0.1, -0.05) is 84.9 Å². The Morgan fingerprint density at radius 3 is 1.26 bits per heavy atom. The summed E-state index contributed by atoms with van der Waals surface area (Å²) in [5.74, 6) is 0. The summed E-state index contributed by atoms with van der Waals surface area (Å²) >= 11 is 0. The van der Waals surface area contributed by atoms with Crippen molar-refractivity contribution >= 4 is 0 Å². The molecule has 0 amide bonds. The van der Waals surface area contributed by atoms with Crippen molar-refractivity contribution in [2.45, 2.75) is 6.42 Å². The van der Waals surface area contributed by atoms with Crippen LogP contribution >= 0.6 is 0 Å². The second-order valence-corrected chi connectivity index (χ2v) is 7.52. The van der Waals surface area contributed by atoms with Crippen molar-refractivity contribution < 1.29 is 0 Å². The Balaban J connectivity index is 0.000000138. The summed E-state index contributed by atoms with van der Waals surface area (Å²) in [7, 11) is 0. The van der Waals surface area contributed by atoms with Crippen molar-refractivity contribution in [3.63, 3.8) is 0 Å². The molecule has 5 aromatic rings. The summed E-state index contributed by atoms with van der Waals surface area (Å²) in [6.07, 6.45) is 8.45. The van der Waals surface area contributed by atoms with Crippen LogP contribution in [0.2, 0.25) is 0 Å². The van der Waals surface area contributed by atoms with Gasteiger partial charge in [0.05, 0.1) is 0 Å². The zero-order valence-electron chi connectivity index (χ0n) is 17.1. The first-order valence-electron chi connectivity index (χ1n) is 10.5. The number of pyridine rings is 2. The zero-order chi connectivity index (χ0) is 20.9. The maximum absolute atomic E-state index is 4.18. The van der Waals surface area contributed by atoms with Gasteiger partial charge in [-0.15, -0.1) is 0 Å². The molecule has 2 heteroatoms. The molecular weight excluding hydrogens is 376 g/mol. The first-order valence-corrected chi connectivity index (χ1v) is 10.5. The van der Waals surface area contributed by atoms with Gasteiger partial charge in [0.1, 0.15) is 0 Å². The molecule has 0 atom stereocenters. The van der Waals surface area contributed by atoms with E-state index in [1.165, 1.54) is 33.4 Å². The first kappa shape index (κ1) is 19.0. The SMILES string of the molecule is c1ccc2c(c1)Cc1ccccc1-2.c1cncc(-c2ccccc2-c2cccnc2)c1. The predicted octanol–water partition coefficient (Wildman–Crippen LogP) is 7.07. The van der Waals surface area contributed by atoms with Crippen LogP contribution < -0.4 is 0 Å². The predicted molar refractivity (Wildman–Crippen MR) is 128 cm³/mol. The third-order valence-corrected chi connectivity index (χ3v) is 5.58. The molecule has 2 nitrogen and oxygen atoms in total. The summed E-state index contributed by atoms with van der Waals surface area (Å²) in [6.45, 7) is 0. The normalized spacial score (nSPS) is 11.1. The van der Waals surface area contributed by atoms with Crippen molar-refractivity contribution in [2.75, 3.05) is 0 Å². The van der Waals surface area contributed by atoms with E-state index in [0.29, 0.717) is 0 Å². The van der Waals surface area contributed by atoms with Gasteiger partial charge in [-0.25, -0.2) is 0 Å². The van der Waals surface area contributed by atoms with Crippen molar-refractivity contribution in [3.8, 4) is 33.4 Å². The molecule has 6 rings (SSSR count). The maximum Gasteiger partial charge on any atom is 0.0346 e. The highest BCUT2D eigenvalue weighted by molar-refractivity contribution is 5.82. The topological polar surface area (TPSA) is 25.8 Å². The Kier molecular flexibility index (Phi) is 5.36. The van der Waals surface area contributed by atoms with Crippen LogP contribution in [0.1, 0.15) is 11.1 Å². The van der Waals surface area contributed by atoms with E-state index >= 15 is 0 Å². The second kappa shape index (κ2) is 8.76. The van der Waals surface area contributed by atoms with E-state index in [4.69, 9.17) is 0 Å². The smallest absolute Gasteiger partial charge is 0.0346 e. The molecule has 0 spiro atoms. The monoisotopic (exact) mass is 398 g/mol. The van der Waals surface area contributed by atoms with Crippen molar-refractivity contribution in [1.29, 1.82) is 0 Å². The molecule has 0 bridgehead atoms. The van der Waals surface area contributed by atoms with E-state index in [1.807, 2.05) is 36.7 Å². The minimum Gasteiger partial charge on any atom is -0.264 e. The zero-order valence-corrected chi connectivity index (χ0v) is 17.1. The maximum atomic E-state index is 4.18. The molecule has 3 aromatic carbocycles. The molecule has 0 fully saturated rings. The molecule has 1 aliphatic rings. The summed E-state index contributed by atoms with van der Waals surface area (Å²) in [5.41, 5.74) is 10.4. The Hall–Kier alpha value is -4.04. The van der Waals surface area contributed by atoms with Crippen molar-refractivity contribution in [2.24, 2.45) is 0 Å². The largest absolute Gasteiger partial charge is 0.264 e. The third-order valence-electron chi connectivity index (χ3n) is 5.58. The van der Waals surface area contributed by atoms with Gasteiger partial charge in [0.2, 0.25) is 0 Å². The number of aromatic nitrogens is 2. The number of rotatable bonds is 2. The van der Waals surface area contributed by atoms with Gasteiger partial charge in [0.25, 0.3) is 0 Å². The van der Waals surface area contributed by atoms with Gasteiger partial charge in [-0.05, 0) is 51.9 Å². The fourth-order valence-electron chi connectivity index (χ4n) is 4.11. The molecular formula is C29H22N2. The first-order chi connectivity index (χ1) is 15.4. The number of hydrogen-bond acceptors (Lipinski definition) is 2. The minimum atomic E-state index is 1.10. The van der Waals surface area contributed by atoms with Crippen LogP contribution in [0.3, 0.4) is 0 Å². The third kappa shape index (κ3) is 4.01. The van der Waals surface area contributed by atoms with Crippen LogP contribution in [0.4, 0.5) is 0 Å². The number of fused-ring (bicyclic) bond motifs is 3. The minimum absolute atomic E-state index is 1.10. The molecule has 148 valence electrons. The molecule has 0 aliphatic heterocycles. The lowest BCUT2D eigenvalue weighted by molar-refractivity contribution is 1.26. The second-order valence-electron chi connectivity index (χ2n) is 7.52. The van der Waals surface area contributed by atoms with Gasteiger partial charge in [-0.3, -0.25) is 9.97 Å². The highest BCUT2D eigenvalue weighted by atomic mass is 14.6. The van der Waals surface area contributed by atoms with E-state index in [0.717, 1.165) is 17.5 Å². The summed E-state index contributed by atoms with van der Waals surface area (Å²) in [6, 6.07) is 33.7. The van der Waals surface area contributed by atoms with Crippen LogP contribution in [0.5, 0.6) is 0 Å². The Morgan fingerprint density at radius 1 is 0.419 bits per heavy atom. The fourth-order valence-corrected chi connectivity index (χ4v) is 4.11. The molecule has 0 saturated carbocycles. The van der Waals surface area contributed by atoms with Crippen LogP contribution in [-0.2, 0) is 6.42 Å². The molecule has 0 saturated heterocycles. The van der Waals surface area contributed by atoms with Gasteiger partial charge in [0, 0.05) is 35.9 Å². The van der Waals surface area contributed by atoms with Gasteiger partial charge >= 0.3 is 0 Å². The van der Waals surface area contributed by atoms with Gasteiger partial charge in [0.15, 0.2) is 0 Å². The molecule has 1 aliphatic carbocycles. The van der Waals surface area contributed by atoms with Crippen LogP contribution in [0, 0.1) is 0 Å². The highest BCUT2D eigenvalue weighted by Crippen LogP contribution is 2.35. The lowest BCUT2D eigenvalue weighted by atomic mass is 9.97. The van der Waals surface area contributed by atoms with Gasteiger partial charge in [-0.2, -0.15) is 0 Å². The van der Waals surface area contributed by atoms with Crippen LogP contribution in [-0.4, -0.2) is 9.97 Å². The van der Waals surface area contributed by atoms with E-state index in [9.17, 15) is 0 Å². The average Bonchev–Trinajstić information content (AvgIpc) is 3.24. The average molecular weight is 399 g/mol. The van der Waals surface area contributed by atoms with E-state index in [-0.39, 0.29) is 0 Å². The summed E-state index contributed by atoms with van der Waals surface area (Å²) < 4.78 is 0. The van der Waals surface area contributed by atoms with Crippen LogP contribution in [0.15, 0.2) is 122 Å². The number of benzene rings is 3. The van der Waals surface area contributed by atoms with E-state index in [1.54, 1.807) is 12.4 Å². The Morgan fingerprint density at radius 2 is 0.839 bits per heavy atom. The summed E-state index contributed by atoms with van der Waals surface area (Å²) in [5, 5.41) is 0.